The summed E-state index contributed by atoms with van der Waals surface area (Å²) >= 11 is 0. The Bertz CT molecular complexity index is 771. The number of nitrogens with two attached hydrogens (primary N) is 1. The van der Waals surface area contributed by atoms with E-state index in [1.165, 1.54) is 0 Å². The second-order valence-corrected chi connectivity index (χ2v) is 5.21. The van der Waals surface area contributed by atoms with Crippen LogP contribution in [-0.2, 0) is 4.79 Å². The Hall–Kier alpha value is -3.12. The van der Waals surface area contributed by atoms with Crippen LogP contribution in [0.4, 0.5) is 5.69 Å². The molecule has 0 aliphatic rings. The van der Waals surface area contributed by atoms with E-state index in [4.69, 9.17) is 10.5 Å². The van der Waals surface area contributed by atoms with E-state index in [9.17, 15) is 4.79 Å². The Kier molecular flexibility index (Phi) is 4.88. The van der Waals surface area contributed by atoms with E-state index in [2.05, 4.69) is 15.5 Å². The first kappa shape index (κ1) is 15.8. The number of nitrogens with zero attached hydrogens (tertiary/aromatic N) is 1. The largest absolute Gasteiger partial charge is 0.479 e. The lowest BCUT2D eigenvalue weighted by Crippen LogP contribution is -2.39. The van der Waals surface area contributed by atoms with Gasteiger partial charge in [-0.2, -0.15) is 5.10 Å². The highest BCUT2D eigenvalue weighted by molar-refractivity contribution is 5.94. The Labute approximate surface area is 139 Å². The molecule has 1 amide bonds. The third-order valence-electron chi connectivity index (χ3n) is 3.51. The molecule has 0 aliphatic carbocycles. The van der Waals surface area contributed by atoms with Crippen LogP contribution in [0.3, 0.4) is 0 Å². The highest BCUT2D eigenvalue weighted by atomic mass is 16.5. The number of aromatic nitrogens is 2. The van der Waals surface area contributed by atoms with Crippen LogP contribution < -0.4 is 15.8 Å². The van der Waals surface area contributed by atoms with E-state index in [-0.39, 0.29) is 12.5 Å². The summed E-state index contributed by atoms with van der Waals surface area (Å²) < 4.78 is 5.63. The van der Waals surface area contributed by atoms with Crippen molar-refractivity contribution in [1.29, 1.82) is 0 Å². The predicted molar refractivity (Wildman–Crippen MR) is 92.6 cm³/mol. The molecular formula is C18H18N4O2. The Morgan fingerprint density at radius 3 is 2.50 bits per heavy atom. The predicted octanol–water partition coefficient (Wildman–Crippen LogP) is 2.42. The third kappa shape index (κ3) is 3.80. The number of hydrogen-bond acceptors (Lipinski definition) is 4. The van der Waals surface area contributed by atoms with E-state index in [0.717, 1.165) is 11.1 Å². The summed E-state index contributed by atoms with van der Waals surface area (Å²) in [6.07, 6.45) is 2.80. The van der Waals surface area contributed by atoms with Gasteiger partial charge in [0.1, 0.15) is 5.75 Å². The Morgan fingerprint density at radius 1 is 1.12 bits per heavy atom. The minimum Gasteiger partial charge on any atom is -0.479 e. The first-order valence-electron chi connectivity index (χ1n) is 7.58. The molecule has 2 aromatic carbocycles. The van der Waals surface area contributed by atoms with Crippen molar-refractivity contribution in [2.24, 2.45) is 5.73 Å². The minimum atomic E-state index is -0.749. The molecule has 0 radical (unpaired) electrons. The molecule has 0 aliphatic heterocycles. The average molecular weight is 322 g/mol. The van der Waals surface area contributed by atoms with Gasteiger partial charge in [0.05, 0.1) is 6.20 Å². The topological polar surface area (TPSA) is 93.0 Å². The van der Waals surface area contributed by atoms with E-state index in [1.807, 2.05) is 48.7 Å². The van der Waals surface area contributed by atoms with Crippen molar-refractivity contribution in [3.05, 3.63) is 67.0 Å². The summed E-state index contributed by atoms with van der Waals surface area (Å²) in [5.74, 6) is 0.329. The molecule has 0 bridgehead atoms. The molecule has 0 fully saturated rings. The smallest absolute Gasteiger partial charge is 0.266 e. The highest BCUT2D eigenvalue weighted by Crippen LogP contribution is 2.20. The van der Waals surface area contributed by atoms with Crippen LogP contribution in [-0.4, -0.2) is 28.8 Å². The average Bonchev–Trinajstić information content (AvgIpc) is 3.16. The van der Waals surface area contributed by atoms with Crippen molar-refractivity contribution in [3.8, 4) is 16.9 Å². The number of amides is 1. The second-order valence-electron chi connectivity index (χ2n) is 5.21. The molecule has 4 N–H and O–H groups in total. The lowest BCUT2D eigenvalue weighted by Gasteiger charge is -2.17. The molecule has 0 spiro atoms. The molecule has 1 heterocycles. The lowest BCUT2D eigenvalue weighted by atomic mass is 10.1. The fourth-order valence-electron chi connectivity index (χ4n) is 2.25. The molecule has 1 atom stereocenters. The molecular weight excluding hydrogens is 304 g/mol. The van der Waals surface area contributed by atoms with Gasteiger partial charge in [0.25, 0.3) is 5.91 Å². The standard InChI is InChI=1S/C18H18N4O2/c19-10-17(24-16-4-2-1-3-5-16)18(23)22-15-8-6-13(7-9-15)14-11-20-21-12-14/h1-9,11-12,17H,10,19H2,(H,20,21)(H,22,23). The molecule has 1 unspecified atom stereocenters. The molecule has 1 aromatic heterocycles. The van der Waals surface area contributed by atoms with Crippen LogP contribution >= 0.6 is 0 Å². The summed E-state index contributed by atoms with van der Waals surface area (Å²) in [5.41, 5.74) is 8.35. The van der Waals surface area contributed by atoms with Crippen LogP contribution in [0.15, 0.2) is 67.0 Å². The number of hydrogen-bond donors (Lipinski definition) is 3. The van der Waals surface area contributed by atoms with Gasteiger partial charge < -0.3 is 15.8 Å². The van der Waals surface area contributed by atoms with Crippen molar-refractivity contribution in [2.75, 3.05) is 11.9 Å². The zero-order chi connectivity index (χ0) is 16.8. The summed E-state index contributed by atoms with van der Waals surface area (Å²) in [6.45, 7) is 0.0911. The molecule has 3 aromatic rings. The number of rotatable bonds is 6. The number of ether oxygens (including phenoxy) is 1. The molecule has 3 rings (SSSR count). The first-order chi connectivity index (χ1) is 11.8. The number of para-hydroxylation sites is 1. The molecule has 0 saturated heterocycles. The van der Waals surface area contributed by atoms with E-state index in [0.29, 0.717) is 11.4 Å². The Morgan fingerprint density at radius 2 is 1.88 bits per heavy atom. The molecule has 6 heteroatoms. The van der Waals surface area contributed by atoms with Crippen LogP contribution in [0.5, 0.6) is 5.75 Å². The highest BCUT2D eigenvalue weighted by Gasteiger charge is 2.18. The molecule has 0 saturated carbocycles. The van der Waals surface area contributed by atoms with Gasteiger partial charge in [0.2, 0.25) is 0 Å². The lowest BCUT2D eigenvalue weighted by molar-refractivity contribution is -0.122. The van der Waals surface area contributed by atoms with Crippen LogP contribution in [0.25, 0.3) is 11.1 Å². The van der Waals surface area contributed by atoms with Gasteiger partial charge in [-0.3, -0.25) is 9.89 Å². The third-order valence-corrected chi connectivity index (χ3v) is 3.51. The van der Waals surface area contributed by atoms with E-state index in [1.54, 1.807) is 18.3 Å². The monoisotopic (exact) mass is 322 g/mol. The van der Waals surface area contributed by atoms with Gasteiger partial charge in [0, 0.05) is 24.0 Å². The van der Waals surface area contributed by atoms with Crippen molar-refractivity contribution in [3.63, 3.8) is 0 Å². The quantitative estimate of drug-likeness (QED) is 0.650. The number of anilines is 1. The number of nitrogens with one attached hydrogen (secondary N) is 2. The van der Waals surface area contributed by atoms with Crippen molar-refractivity contribution in [2.45, 2.75) is 6.10 Å². The number of aromatic amines is 1. The summed E-state index contributed by atoms with van der Waals surface area (Å²) in [4.78, 5) is 12.3. The van der Waals surface area contributed by atoms with Gasteiger partial charge in [-0.1, -0.05) is 30.3 Å². The number of benzene rings is 2. The fourth-order valence-corrected chi connectivity index (χ4v) is 2.25. The van der Waals surface area contributed by atoms with Crippen LogP contribution in [0, 0.1) is 0 Å². The number of carbonyl (C=O) groups excluding carboxylic acids is 1. The van der Waals surface area contributed by atoms with Gasteiger partial charge in [-0.15, -0.1) is 0 Å². The van der Waals surface area contributed by atoms with Gasteiger partial charge in [-0.25, -0.2) is 0 Å². The normalized spacial score (nSPS) is 11.7. The molecule has 6 nitrogen and oxygen atoms in total. The molecule has 122 valence electrons. The first-order valence-corrected chi connectivity index (χ1v) is 7.58. The van der Waals surface area contributed by atoms with Crippen molar-refractivity contribution < 1.29 is 9.53 Å². The zero-order valence-electron chi connectivity index (χ0n) is 13.0. The Balaban J connectivity index is 1.64. The van der Waals surface area contributed by atoms with Gasteiger partial charge in [-0.05, 0) is 29.8 Å². The maximum absolute atomic E-state index is 12.3. The van der Waals surface area contributed by atoms with Gasteiger partial charge in [0.15, 0.2) is 6.10 Å². The van der Waals surface area contributed by atoms with Crippen LogP contribution in [0.1, 0.15) is 0 Å². The van der Waals surface area contributed by atoms with Gasteiger partial charge >= 0.3 is 0 Å². The molecule has 24 heavy (non-hydrogen) atoms. The summed E-state index contributed by atoms with van der Waals surface area (Å²) in [5, 5.41) is 9.51. The summed E-state index contributed by atoms with van der Waals surface area (Å²) in [7, 11) is 0. The maximum atomic E-state index is 12.3. The summed E-state index contributed by atoms with van der Waals surface area (Å²) in [6, 6.07) is 16.6. The van der Waals surface area contributed by atoms with E-state index >= 15 is 0 Å². The fraction of sp³-hybridized carbons (Fsp3) is 0.111. The van der Waals surface area contributed by atoms with Crippen molar-refractivity contribution in [1.82, 2.24) is 10.2 Å². The number of carbonyl (C=O) groups is 1. The minimum absolute atomic E-state index is 0.0911. The second kappa shape index (κ2) is 7.43. The van der Waals surface area contributed by atoms with Crippen LogP contribution in [0.2, 0.25) is 0 Å². The van der Waals surface area contributed by atoms with Crippen molar-refractivity contribution >= 4 is 11.6 Å². The number of H-pyrrole nitrogens is 1. The maximum Gasteiger partial charge on any atom is 0.266 e. The van der Waals surface area contributed by atoms with E-state index < -0.39 is 6.10 Å². The zero-order valence-corrected chi connectivity index (χ0v) is 13.0. The SMILES string of the molecule is NCC(Oc1ccccc1)C(=O)Nc1ccc(-c2cn[nH]c2)cc1.